The van der Waals surface area contributed by atoms with Crippen LogP contribution in [-0.2, 0) is 24.0 Å². The number of H-pyrrole nitrogens is 1. The first-order valence-electron chi connectivity index (χ1n) is 13.4. The number of rotatable bonds is 8. The van der Waals surface area contributed by atoms with Crippen LogP contribution in [0.4, 0.5) is 24.5 Å². The second-order valence-electron chi connectivity index (χ2n) is 10.3. The zero-order valence-corrected chi connectivity index (χ0v) is 23.2. The van der Waals surface area contributed by atoms with E-state index in [0.29, 0.717) is 42.4 Å². The smallest absolute Gasteiger partial charge is 0.416 e. The van der Waals surface area contributed by atoms with E-state index in [1.54, 1.807) is 30.5 Å². The van der Waals surface area contributed by atoms with Crippen molar-refractivity contribution in [3.05, 3.63) is 88.7 Å². The molecule has 1 saturated heterocycles. The number of hydrogen-bond donors (Lipinski definition) is 3. The largest absolute Gasteiger partial charge is 0.464 e. The van der Waals surface area contributed by atoms with Crippen molar-refractivity contribution >= 4 is 34.3 Å². The molecule has 12 heteroatoms. The first-order valence-corrected chi connectivity index (χ1v) is 13.4. The zero-order valence-electron chi connectivity index (χ0n) is 23.2. The summed E-state index contributed by atoms with van der Waals surface area (Å²) in [6.07, 6.45) is -2.96. The minimum Gasteiger partial charge on any atom is -0.464 e. The predicted molar refractivity (Wildman–Crippen MR) is 153 cm³/mol. The molecule has 2 aromatic heterocycles. The Morgan fingerprint density at radius 3 is 2.55 bits per heavy atom. The molecule has 1 aliphatic heterocycles. The normalized spacial score (nSPS) is 14.6. The third kappa shape index (κ3) is 6.89. The highest BCUT2D eigenvalue weighted by atomic mass is 19.4. The first-order chi connectivity index (χ1) is 20.1. The third-order valence-electron chi connectivity index (χ3n) is 7.22. The van der Waals surface area contributed by atoms with E-state index < -0.39 is 23.6 Å². The number of esters is 1. The van der Waals surface area contributed by atoms with Gasteiger partial charge in [0, 0.05) is 55.9 Å². The fraction of sp³-hybridized carbons (Fsp3) is 0.300. The quantitative estimate of drug-likeness (QED) is 0.253. The van der Waals surface area contributed by atoms with Crippen LogP contribution in [0.1, 0.15) is 37.5 Å². The molecule has 0 aliphatic carbocycles. The number of amides is 1. The van der Waals surface area contributed by atoms with E-state index in [9.17, 15) is 22.8 Å². The summed E-state index contributed by atoms with van der Waals surface area (Å²) in [4.78, 5) is 36.1. The number of anilines is 2. The molecule has 0 radical (unpaired) electrons. The number of halogens is 3. The number of aromatic amines is 1. The zero-order chi connectivity index (χ0) is 29.9. The summed E-state index contributed by atoms with van der Waals surface area (Å²) in [6, 6.07) is 14.3. The molecule has 9 nitrogen and oxygen atoms in total. The molecule has 0 unspecified atom stereocenters. The Hall–Kier alpha value is -4.42. The third-order valence-corrected chi connectivity index (χ3v) is 7.22. The fourth-order valence-electron chi connectivity index (χ4n) is 4.86. The van der Waals surface area contributed by atoms with Crippen molar-refractivity contribution in [3.8, 4) is 0 Å². The van der Waals surface area contributed by atoms with Gasteiger partial charge in [0.15, 0.2) is 0 Å². The van der Waals surface area contributed by atoms with Gasteiger partial charge in [0.1, 0.15) is 11.3 Å². The van der Waals surface area contributed by atoms with Crippen molar-refractivity contribution in [3.63, 3.8) is 0 Å². The van der Waals surface area contributed by atoms with Crippen LogP contribution in [0, 0.1) is 0 Å². The molecule has 1 amide bonds. The lowest BCUT2D eigenvalue weighted by atomic mass is 10.0. The molecule has 0 saturated carbocycles. The molecule has 0 spiro atoms. The average Bonchev–Trinajstić information content (AvgIpc) is 3.40. The maximum atomic E-state index is 14.0. The number of fused-ring (bicyclic) bond motifs is 1. The van der Waals surface area contributed by atoms with Gasteiger partial charge in [-0.3, -0.25) is 9.69 Å². The minimum absolute atomic E-state index is 0.0646. The van der Waals surface area contributed by atoms with Crippen LogP contribution < -0.4 is 10.6 Å². The number of piperazine rings is 1. The number of methoxy groups -OCH3 is 1. The van der Waals surface area contributed by atoms with Crippen LogP contribution >= 0.6 is 0 Å². The summed E-state index contributed by atoms with van der Waals surface area (Å²) < 4.78 is 46.6. The van der Waals surface area contributed by atoms with Gasteiger partial charge in [-0.2, -0.15) is 13.2 Å². The van der Waals surface area contributed by atoms with Crippen LogP contribution in [-0.4, -0.2) is 72.0 Å². The van der Waals surface area contributed by atoms with Gasteiger partial charge in [0.25, 0.3) is 5.91 Å². The Kier molecular flexibility index (Phi) is 8.46. The van der Waals surface area contributed by atoms with Crippen molar-refractivity contribution in [2.75, 3.05) is 51.0 Å². The maximum Gasteiger partial charge on any atom is 0.416 e. The Bertz CT molecular complexity index is 1590. The van der Waals surface area contributed by atoms with Crippen molar-refractivity contribution < 1.29 is 27.5 Å². The molecule has 1 fully saturated rings. The number of carbonyl (C=O) groups excluding carboxylic acids is 2. The summed E-state index contributed by atoms with van der Waals surface area (Å²) in [5, 5.41) is 6.69. The van der Waals surface area contributed by atoms with E-state index >= 15 is 0 Å². The van der Waals surface area contributed by atoms with Gasteiger partial charge in [0.05, 0.1) is 24.6 Å². The summed E-state index contributed by atoms with van der Waals surface area (Å²) in [5.74, 6) is -1.11. The number of ether oxygens (including phenoxy) is 1. The summed E-state index contributed by atoms with van der Waals surface area (Å²) >= 11 is 0. The van der Waals surface area contributed by atoms with Gasteiger partial charge in [0.2, 0.25) is 0 Å². The molecular weight excluding hydrogens is 549 g/mol. The van der Waals surface area contributed by atoms with Crippen molar-refractivity contribution in [2.45, 2.75) is 19.3 Å². The van der Waals surface area contributed by atoms with Gasteiger partial charge in [-0.25, -0.2) is 9.78 Å². The molecule has 0 bridgehead atoms. The van der Waals surface area contributed by atoms with Gasteiger partial charge in [-0.15, -0.1) is 0 Å². The number of benzene rings is 2. The Morgan fingerprint density at radius 1 is 1.02 bits per heavy atom. The topological polar surface area (TPSA) is 103 Å². The van der Waals surface area contributed by atoms with E-state index in [0.717, 1.165) is 30.1 Å². The lowest BCUT2D eigenvalue weighted by Crippen LogP contribution is -2.44. The molecule has 2 aromatic carbocycles. The highest BCUT2D eigenvalue weighted by molar-refractivity contribution is 6.04. The highest BCUT2D eigenvalue weighted by Crippen LogP contribution is 2.34. The monoisotopic (exact) mass is 580 g/mol. The molecule has 5 rings (SSSR count). The van der Waals surface area contributed by atoms with E-state index in [2.05, 4.69) is 25.5 Å². The van der Waals surface area contributed by atoms with Crippen LogP contribution in [0.25, 0.3) is 11.0 Å². The molecule has 42 heavy (non-hydrogen) atoms. The number of hydrogen-bond acceptors (Lipinski definition) is 7. The molecule has 3 heterocycles. The molecule has 0 atom stereocenters. The minimum atomic E-state index is -4.58. The first kappa shape index (κ1) is 29.1. The van der Waals surface area contributed by atoms with Crippen LogP contribution in [0.5, 0.6) is 0 Å². The Labute approximate surface area is 240 Å². The Balaban J connectivity index is 1.25. The lowest BCUT2D eigenvalue weighted by Gasteiger charge is -2.33. The van der Waals surface area contributed by atoms with Crippen molar-refractivity contribution in [2.24, 2.45) is 0 Å². The SMILES string of the molecule is COC(=O)c1cc2cc(NCc3cccc(NC(=O)c4ccc(CN5CCN(C)CC5)c(C(F)(F)F)c4)c3)cnc2[nH]1. The number of likely N-dealkylation sites (N-methyl/N-ethyl adjacent to an activating group) is 1. The molecule has 1 aliphatic rings. The molecule has 3 N–H and O–H groups in total. The maximum absolute atomic E-state index is 14.0. The lowest BCUT2D eigenvalue weighted by molar-refractivity contribution is -0.138. The van der Waals surface area contributed by atoms with Gasteiger partial charge in [-0.1, -0.05) is 18.2 Å². The van der Waals surface area contributed by atoms with Gasteiger partial charge in [-0.05, 0) is 54.6 Å². The number of alkyl halides is 3. The second-order valence-corrected chi connectivity index (χ2v) is 10.3. The summed E-state index contributed by atoms with van der Waals surface area (Å²) in [6.45, 7) is 3.55. The summed E-state index contributed by atoms with van der Waals surface area (Å²) in [5.41, 5.74) is 2.14. The van der Waals surface area contributed by atoms with Crippen LogP contribution in [0.3, 0.4) is 0 Å². The van der Waals surface area contributed by atoms with E-state index in [-0.39, 0.29) is 17.7 Å². The number of aromatic nitrogens is 2. The number of nitrogens with one attached hydrogen (secondary N) is 3. The molecular formula is C30H31F3N6O3. The standard InChI is InChI=1S/C30H31F3N6O3/c1-38-8-10-39(11-9-38)18-21-7-6-20(14-25(21)30(31,32)33)28(40)36-23-5-3-4-19(12-23)16-34-24-13-22-15-26(29(41)42-2)37-27(22)35-17-24/h3-7,12-15,17,34H,8-11,16,18H2,1-2H3,(H,35,37)(H,36,40). The van der Waals surface area contributed by atoms with Gasteiger partial charge >= 0.3 is 12.1 Å². The van der Waals surface area contributed by atoms with E-state index in [4.69, 9.17) is 4.74 Å². The van der Waals surface area contributed by atoms with E-state index in [1.165, 1.54) is 19.2 Å². The highest BCUT2D eigenvalue weighted by Gasteiger charge is 2.34. The Morgan fingerprint density at radius 2 is 1.81 bits per heavy atom. The predicted octanol–water partition coefficient (Wildman–Crippen LogP) is 4.98. The van der Waals surface area contributed by atoms with Gasteiger partial charge < -0.3 is 25.3 Å². The number of nitrogens with zero attached hydrogens (tertiary/aromatic N) is 3. The summed E-state index contributed by atoms with van der Waals surface area (Å²) in [7, 11) is 3.29. The van der Waals surface area contributed by atoms with Crippen molar-refractivity contribution in [1.29, 1.82) is 0 Å². The molecule has 4 aromatic rings. The van der Waals surface area contributed by atoms with Crippen LogP contribution in [0.15, 0.2) is 60.8 Å². The number of pyridine rings is 1. The van der Waals surface area contributed by atoms with E-state index in [1.807, 2.05) is 24.1 Å². The van der Waals surface area contributed by atoms with Crippen molar-refractivity contribution in [1.82, 2.24) is 19.8 Å². The number of carbonyl (C=O) groups is 2. The average molecular weight is 581 g/mol. The molecule has 220 valence electrons. The fourth-order valence-corrected chi connectivity index (χ4v) is 4.86. The second kappa shape index (κ2) is 12.2. The van der Waals surface area contributed by atoms with Crippen LogP contribution in [0.2, 0.25) is 0 Å².